The van der Waals surface area contributed by atoms with Gasteiger partial charge in [-0.3, -0.25) is 4.98 Å². The van der Waals surface area contributed by atoms with Gasteiger partial charge in [0.25, 0.3) is 0 Å². The maximum atomic E-state index is 11.8. The van der Waals surface area contributed by atoms with Crippen LogP contribution in [0.4, 0.5) is 0 Å². The Bertz CT molecular complexity index is 835. The summed E-state index contributed by atoms with van der Waals surface area (Å²) in [6.45, 7) is 1.84. The maximum absolute atomic E-state index is 11.8. The van der Waals surface area contributed by atoms with Crippen molar-refractivity contribution in [3.05, 3.63) is 41.7 Å². The van der Waals surface area contributed by atoms with Crippen molar-refractivity contribution in [1.82, 2.24) is 30.6 Å². The van der Waals surface area contributed by atoms with Crippen LogP contribution in [0.15, 0.2) is 24.5 Å². The summed E-state index contributed by atoms with van der Waals surface area (Å²) >= 11 is 0. The lowest BCUT2D eigenvalue weighted by Gasteiger charge is -2.15. The number of aromatic nitrogens is 4. The number of rotatable bonds is 3. The van der Waals surface area contributed by atoms with Gasteiger partial charge in [0, 0.05) is 18.4 Å². The minimum atomic E-state index is -2.96. The Hall–Kier alpha value is -1.84. The molecule has 0 aromatic carbocycles. The highest BCUT2D eigenvalue weighted by molar-refractivity contribution is 7.91. The first-order valence-corrected chi connectivity index (χ1v) is 9.88. The molecule has 2 aromatic heterocycles. The van der Waals surface area contributed by atoms with Gasteiger partial charge >= 0.3 is 0 Å². The van der Waals surface area contributed by atoms with Gasteiger partial charge in [-0.25, -0.2) is 28.9 Å². The zero-order valence-electron chi connectivity index (χ0n) is 13.4. The summed E-state index contributed by atoms with van der Waals surface area (Å²) in [5.74, 6) is 1.85. The Morgan fingerprint density at radius 2 is 1.96 bits per heavy atom. The first-order valence-electron chi connectivity index (χ1n) is 8.06. The molecule has 2 aromatic rings. The van der Waals surface area contributed by atoms with E-state index in [2.05, 4.69) is 25.9 Å². The van der Waals surface area contributed by atoms with Crippen molar-refractivity contribution in [2.45, 2.75) is 37.9 Å². The SMILES string of the molecule is Cc1nc(C2CC(c3ccncc3)NN2)n(C2CCS(=O)(=O)C2)n1. The molecule has 24 heavy (non-hydrogen) atoms. The fourth-order valence-electron chi connectivity index (χ4n) is 3.46. The molecule has 2 fully saturated rings. The molecule has 3 atom stereocenters. The normalized spacial score (nSPS) is 29.1. The van der Waals surface area contributed by atoms with E-state index in [0.717, 1.165) is 17.8 Å². The van der Waals surface area contributed by atoms with Gasteiger partial charge in [-0.15, -0.1) is 0 Å². The van der Waals surface area contributed by atoms with Gasteiger partial charge in [-0.1, -0.05) is 0 Å². The molecule has 128 valence electrons. The second-order valence-corrected chi connectivity index (χ2v) is 8.66. The molecule has 4 rings (SSSR count). The Morgan fingerprint density at radius 3 is 2.67 bits per heavy atom. The third-order valence-electron chi connectivity index (χ3n) is 4.64. The Labute approximate surface area is 140 Å². The standard InChI is InChI=1S/C15H20N6O2S/c1-10-17-15(21(20-10)12-4-7-24(22,23)9-12)14-8-13(18-19-14)11-2-5-16-6-3-11/h2-3,5-6,12-14,18-19H,4,7-9H2,1H3. The van der Waals surface area contributed by atoms with Crippen LogP contribution in [0.2, 0.25) is 0 Å². The van der Waals surface area contributed by atoms with Crippen LogP contribution < -0.4 is 10.9 Å². The quantitative estimate of drug-likeness (QED) is 0.838. The van der Waals surface area contributed by atoms with Gasteiger partial charge in [-0.2, -0.15) is 5.10 Å². The largest absolute Gasteiger partial charge is 0.265 e. The van der Waals surface area contributed by atoms with E-state index in [1.807, 2.05) is 23.7 Å². The molecule has 2 aliphatic heterocycles. The maximum Gasteiger partial charge on any atom is 0.152 e. The number of aryl methyl sites for hydroxylation is 1. The number of nitrogens with one attached hydrogen (secondary N) is 2. The van der Waals surface area contributed by atoms with E-state index >= 15 is 0 Å². The summed E-state index contributed by atoms with van der Waals surface area (Å²) in [4.78, 5) is 8.60. The number of hydrogen-bond acceptors (Lipinski definition) is 7. The molecule has 0 amide bonds. The topological polar surface area (TPSA) is 102 Å². The van der Waals surface area contributed by atoms with E-state index in [9.17, 15) is 8.42 Å². The molecule has 2 saturated heterocycles. The summed E-state index contributed by atoms with van der Waals surface area (Å²) < 4.78 is 25.4. The van der Waals surface area contributed by atoms with Crippen LogP contribution in [0.3, 0.4) is 0 Å². The molecule has 8 nitrogen and oxygen atoms in total. The predicted molar refractivity (Wildman–Crippen MR) is 87.7 cm³/mol. The lowest BCUT2D eigenvalue weighted by molar-refractivity contribution is 0.437. The van der Waals surface area contributed by atoms with Crippen LogP contribution in [-0.4, -0.2) is 39.7 Å². The Morgan fingerprint density at radius 1 is 1.21 bits per heavy atom. The summed E-state index contributed by atoms with van der Waals surface area (Å²) in [6, 6.07) is 4.01. The molecule has 0 aliphatic carbocycles. The highest BCUT2D eigenvalue weighted by Crippen LogP contribution is 2.32. The minimum Gasteiger partial charge on any atom is -0.265 e. The molecule has 0 saturated carbocycles. The molecule has 0 radical (unpaired) electrons. The second kappa shape index (κ2) is 5.91. The third-order valence-corrected chi connectivity index (χ3v) is 6.39. The number of hydrazine groups is 1. The van der Waals surface area contributed by atoms with Crippen molar-refractivity contribution in [2.24, 2.45) is 0 Å². The number of hydrogen-bond donors (Lipinski definition) is 2. The summed E-state index contributed by atoms with van der Waals surface area (Å²) in [5, 5.41) is 4.46. The number of sulfone groups is 1. The van der Waals surface area contributed by atoms with E-state index < -0.39 is 9.84 Å². The number of nitrogens with zero attached hydrogens (tertiary/aromatic N) is 4. The lowest BCUT2D eigenvalue weighted by Crippen LogP contribution is -2.29. The van der Waals surface area contributed by atoms with Crippen LogP contribution in [0.25, 0.3) is 0 Å². The van der Waals surface area contributed by atoms with Crippen molar-refractivity contribution < 1.29 is 8.42 Å². The molecule has 2 N–H and O–H groups in total. The van der Waals surface area contributed by atoms with Crippen molar-refractivity contribution >= 4 is 9.84 Å². The highest BCUT2D eigenvalue weighted by atomic mass is 32.2. The first kappa shape index (κ1) is 15.7. The van der Waals surface area contributed by atoms with E-state index in [1.54, 1.807) is 12.4 Å². The van der Waals surface area contributed by atoms with Gasteiger partial charge in [0.2, 0.25) is 0 Å². The Kier molecular flexibility index (Phi) is 3.86. The van der Waals surface area contributed by atoms with Crippen molar-refractivity contribution in [1.29, 1.82) is 0 Å². The molecular formula is C15H20N6O2S. The van der Waals surface area contributed by atoms with Crippen molar-refractivity contribution in [2.75, 3.05) is 11.5 Å². The zero-order chi connectivity index (χ0) is 16.7. The monoisotopic (exact) mass is 348 g/mol. The molecule has 0 spiro atoms. The van der Waals surface area contributed by atoms with Crippen molar-refractivity contribution in [3.63, 3.8) is 0 Å². The van der Waals surface area contributed by atoms with Crippen LogP contribution in [0.1, 0.15) is 48.2 Å². The highest BCUT2D eigenvalue weighted by Gasteiger charge is 2.35. The fraction of sp³-hybridized carbons (Fsp3) is 0.533. The van der Waals surface area contributed by atoms with E-state index in [-0.39, 0.29) is 29.6 Å². The molecule has 9 heteroatoms. The summed E-state index contributed by atoms with van der Waals surface area (Å²) in [7, 11) is -2.96. The number of pyridine rings is 1. The predicted octanol–water partition coefficient (Wildman–Crippen LogP) is 0.621. The van der Waals surface area contributed by atoms with Crippen LogP contribution in [0.5, 0.6) is 0 Å². The van der Waals surface area contributed by atoms with Crippen molar-refractivity contribution in [3.8, 4) is 0 Å². The average molecular weight is 348 g/mol. The lowest BCUT2D eigenvalue weighted by atomic mass is 10.0. The van der Waals surface area contributed by atoms with E-state index in [4.69, 9.17) is 0 Å². The molecule has 2 aliphatic rings. The first-order chi connectivity index (χ1) is 11.5. The average Bonchev–Trinajstić information content (AvgIpc) is 3.26. The van der Waals surface area contributed by atoms with Crippen LogP contribution in [0, 0.1) is 6.92 Å². The molecule has 3 unspecified atom stereocenters. The van der Waals surface area contributed by atoms with E-state index in [0.29, 0.717) is 12.2 Å². The zero-order valence-corrected chi connectivity index (χ0v) is 14.2. The third kappa shape index (κ3) is 2.94. The molecular weight excluding hydrogens is 328 g/mol. The fourth-order valence-corrected chi connectivity index (χ4v) is 5.15. The summed E-state index contributed by atoms with van der Waals surface area (Å²) in [6.07, 6.45) is 4.98. The minimum absolute atomic E-state index is 0.00679. The molecule has 4 heterocycles. The van der Waals surface area contributed by atoms with Crippen LogP contribution >= 0.6 is 0 Å². The summed E-state index contributed by atoms with van der Waals surface area (Å²) in [5.41, 5.74) is 7.72. The van der Waals surface area contributed by atoms with Crippen LogP contribution in [-0.2, 0) is 9.84 Å². The van der Waals surface area contributed by atoms with Gasteiger partial charge < -0.3 is 0 Å². The van der Waals surface area contributed by atoms with Gasteiger partial charge in [0.15, 0.2) is 9.84 Å². The van der Waals surface area contributed by atoms with E-state index in [1.165, 1.54) is 0 Å². The smallest absolute Gasteiger partial charge is 0.152 e. The molecule has 0 bridgehead atoms. The second-order valence-electron chi connectivity index (χ2n) is 6.43. The van der Waals surface area contributed by atoms with Gasteiger partial charge in [0.1, 0.15) is 11.6 Å². The Balaban J connectivity index is 1.57. The van der Waals surface area contributed by atoms with Gasteiger partial charge in [-0.05, 0) is 37.5 Å². The van der Waals surface area contributed by atoms with Gasteiger partial charge in [0.05, 0.1) is 23.6 Å².